The number of nitrogens with zero attached hydrogens (tertiary/aromatic N) is 2. The summed E-state index contributed by atoms with van der Waals surface area (Å²) in [6, 6.07) is 2.08. The number of hydrogen-bond donors (Lipinski definition) is 1. The molecule has 0 saturated heterocycles. The summed E-state index contributed by atoms with van der Waals surface area (Å²) in [4.78, 5) is 22.1. The Labute approximate surface area is 140 Å². The molecule has 1 aromatic carbocycles. The number of nitrogens with one attached hydrogen (secondary N) is 1. The van der Waals surface area contributed by atoms with Crippen LogP contribution in [0.1, 0.15) is 36.8 Å². The van der Waals surface area contributed by atoms with E-state index in [0.29, 0.717) is 12.1 Å². The van der Waals surface area contributed by atoms with Gasteiger partial charge in [-0.3, -0.25) is 15.2 Å². The van der Waals surface area contributed by atoms with E-state index in [9.17, 15) is 28.1 Å². The number of carbonyl (C=O) groups excluding carboxylic acids is 1. The van der Waals surface area contributed by atoms with Crippen molar-refractivity contribution in [2.45, 2.75) is 32.5 Å². The zero-order chi connectivity index (χ0) is 19.0. The minimum Gasteiger partial charge on any atom is -0.455 e. The van der Waals surface area contributed by atoms with Gasteiger partial charge in [0.1, 0.15) is 5.60 Å². The average molecular weight is 357 g/mol. The number of H-pyrrole nitrogens is 1. The zero-order valence-electron chi connectivity index (χ0n) is 13.5. The van der Waals surface area contributed by atoms with Gasteiger partial charge in [0, 0.05) is 23.9 Å². The van der Waals surface area contributed by atoms with Crippen LogP contribution < -0.4 is 0 Å². The molecule has 2 rings (SSSR count). The monoisotopic (exact) mass is 357 g/mol. The molecular formula is C15H14F3N3O4. The maximum Gasteiger partial charge on any atom is 0.416 e. The number of rotatable bonds is 3. The Morgan fingerprint density at radius 1 is 1.24 bits per heavy atom. The van der Waals surface area contributed by atoms with E-state index >= 15 is 0 Å². The maximum atomic E-state index is 13.0. The predicted octanol–water partition coefficient (Wildman–Crippen LogP) is 3.96. The molecule has 0 saturated carbocycles. The molecule has 0 atom stereocenters. The molecule has 0 aliphatic rings. The van der Waals surface area contributed by atoms with E-state index in [1.54, 1.807) is 20.8 Å². The van der Waals surface area contributed by atoms with Crippen LogP contribution in [0.5, 0.6) is 0 Å². The Bertz CT molecular complexity index is 822. The smallest absolute Gasteiger partial charge is 0.416 e. The predicted molar refractivity (Wildman–Crippen MR) is 80.8 cm³/mol. The highest BCUT2D eigenvalue weighted by Crippen LogP contribution is 2.36. The lowest BCUT2D eigenvalue weighted by Crippen LogP contribution is -2.24. The first-order valence-electron chi connectivity index (χ1n) is 7.02. The number of aromatic amines is 1. The Balaban J connectivity index is 2.56. The van der Waals surface area contributed by atoms with Crippen LogP contribution in [-0.4, -0.2) is 26.7 Å². The number of ether oxygens (including phenoxy) is 1. The largest absolute Gasteiger partial charge is 0.455 e. The second-order valence-corrected chi connectivity index (χ2v) is 6.17. The lowest BCUT2D eigenvalue weighted by molar-refractivity contribution is -0.385. The number of benzene rings is 1. The second-order valence-electron chi connectivity index (χ2n) is 6.17. The van der Waals surface area contributed by atoms with Gasteiger partial charge >= 0.3 is 12.1 Å². The first kappa shape index (κ1) is 18.4. The molecule has 1 heterocycles. The molecule has 0 fully saturated rings. The van der Waals surface area contributed by atoms with Crippen molar-refractivity contribution in [3.05, 3.63) is 45.8 Å². The van der Waals surface area contributed by atoms with Gasteiger partial charge in [0.2, 0.25) is 0 Å². The number of aromatic nitrogens is 2. The minimum absolute atomic E-state index is 0.0246. The van der Waals surface area contributed by atoms with Crippen molar-refractivity contribution >= 4 is 11.7 Å². The van der Waals surface area contributed by atoms with Gasteiger partial charge in [-0.15, -0.1) is 0 Å². The van der Waals surface area contributed by atoms with E-state index in [2.05, 4.69) is 10.2 Å². The number of halogens is 3. The molecule has 1 aromatic heterocycles. The van der Waals surface area contributed by atoms with Crippen LogP contribution in [0.2, 0.25) is 0 Å². The fourth-order valence-corrected chi connectivity index (χ4v) is 2.03. The Morgan fingerprint density at radius 3 is 2.40 bits per heavy atom. The Hall–Kier alpha value is -2.91. The summed E-state index contributed by atoms with van der Waals surface area (Å²) in [7, 11) is 0. The fourth-order valence-electron chi connectivity index (χ4n) is 2.03. The topological polar surface area (TPSA) is 98.1 Å². The summed E-state index contributed by atoms with van der Waals surface area (Å²) >= 11 is 0. The molecule has 0 spiro atoms. The van der Waals surface area contributed by atoms with Crippen molar-refractivity contribution in [3.63, 3.8) is 0 Å². The van der Waals surface area contributed by atoms with Crippen molar-refractivity contribution in [2.75, 3.05) is 0 Å². The minimum atomic E-state index is -4.78. The van der Waals surface area contributed by atoms with E-state index in [1.165, 1.54) is 6.20 Å². The van der Waals surface area contributed by atoms with Crippen molar-refractivity contribution < 1.29 is 27.6 Å². The normalized spacial score (nSPS) is 12.1. The summed E-state index contributed by atoms with van der Waals surface area (Å²) in [5.74, 6) is -0.858. The molecule has 1 N–H and O–H groups in total. The first-order valence-corrected chi connectivity index (χ1v) is 7.02. The van der Waals surface area contributed by atoms with Gasteiger partial charge < -0.3 is 4.74 Å². The van der Waals surface area contributed by atoms with Gasteiger partial charge in [-0.2, -0.15) is 18.3 Å². The highest BCUT2D eigenvalue weighted by atomic mass is 19.4. The van der Waals surface area contributed by atoms with Crippen LogP contribution in [0, 0.1) is 10.1 Å². The number of carbonyl (C=O) groups is 1. The standard InChI is InChI=1S/C15H14F3N3O4/c1-14(2,3)25-13(22)12-11(7-19-20-12)8-4-9(15(16,17)18)6-10(5-8)21(23)24/h4-7H,1-3H3,(H,19,20). The SMILES string of the molecule is CC(C)(C)OC(=O)c1n[nH]cc1-c1cc([N+](=O)[O-])cc(C(F)(F)F)c1. The molecule has 10 heteroatoms. The number of alkyl halides is 3. The van der Waals surface area contributed by atoms with Gasteiger partial charge in [-0.25, -0.2) is 4.79 Å². The van der Waals surface area contributed by atoms with Crippen LogP contribution >= 0.6 is 0 Å². The van der Waals surface area contributed by atoms with Crippen molar-refractivity contribution in [1.82, 2.24) is 10.2 Å². The maximum absolute atomic E-state index is 13.0. The summed E-state index contributed by atoms with van der Waals surface area (Å²) in [5.41, 5.74) is -3.25. The Kier molecular flexibility index (Phi) is 4.56. The molecule has 7 nitrogen and oxygen atoms in total. The molecule has 25 heavy (non-hydrogen) atoms. The van der Waals surface area contributed by atoms with Gasteiger partial charge in [-0.05, 0) is 32.4 Å². The average Bonchev–Trinajstić information content (AvgIpc) is 2.93. The molecule has 0 aliphatic heterocycles. The molecule has 134 valence electrons. The highest BCUT2D eigenvalue weighted by molar-refractivity contribution is 5.95. The zero-order valence-corrected chi connectivity index (χ0v) is 13.5. The molecule has 0 radical (unpaired) electrons. The number of hydrogen-bond acceptors (Lipinski definition) is 5. The highest BCUT2D eigenvalue weighted by Gasteiger charge is 2.33. The van der Waals surface area contributed by atoms with Gasteiger partial charge in [0.25, 0.3) is 5.69 Å². The van der Waals surface area contributed by atoms with E-state index in [1.807, 2.05) is 0 Å². The van der Waals surface area contributed by atoms with Gasteiger partial charge in [0.15, 0.2) is 5.69 Å². The number of nitro groups is 1. The summed E-state index contributed by atoms with van der Waals surface area (Å²) < 4.78 is 44.1. The molecule has 0 bridgehead atoms. The summed E-state index contributed by atoms with van der Waals surface area (Å²) in [5, 5.41) is 17.0. The van der Waals surface area contributed by atoms with Gasteiger partial charge in [-0.1, -0.05) is 0 Å². The van der Waals surface area contributed by atoms with E-state index in [0.717, 1.165) is 6.07 Å². The van der Waals surface area contributed by atoms with E-state index < -0.39 is 33.9 Å². The quantitative estimate of drug-likeness (QED) is 0.509. The van der Waals surface area contributed by atoms with Gasteiger partial charge in [0.05, 0.1) is 10.5 Å². The van der Waals surface area contributed by atoms with Crippen LogP contribution in [0.4, 0.5) is 18.9 Å². The molecule has 0 unspecified atom stereocenters. The fraction of sp³-hybridized carbons (Fsp3) is 0.333. The molecule has 0 aliphatic carbocycles. The first-order chi connectivity index (χ1) is 11.4. The van der Waals surface area contributed by atoms with Crippen LogP contribution in [0.3, 0.4) is 0 Å². The van der Waals surface area contributed by atoms with Crippen molar-refractivity contribution in [1.29, 1.82) is 0 Å². The number of nitro benzene ring substituents is 1. The number of esters is 1. The lowest BCUT2D eigenvalue weighted by atomic mass is 10.0. The lowest BCUT2D eigenvalue weighted by Gasteiger charge is -2.19. The van der Waals surface area contributed by atoms with Crippen molar-refractivity contribution in [3.8, 4) is 11.1 Å². The third-order valence-corrected chi connectivity index (χ3v) is 3.00. The second kappa shape index (κ2) is 6.19. The number of non-ortho nitro benzene ring substituents is 1. The third-order valence-electron chi connectivity index (χ3n) is 3.00. The Morgan fingerprint density at radius 2 is 1.88 bits per heavy atom. The van der Waals surface area contributed by atoms with Crippen LogP contribution in [-0.2, 0) is 10.9 Å². The molecular weight excluding hydrogens is 343 g/mol. The molecule has 2 aromatic rings. The van der Waals surface area contributed by atoms with Crippen LogP contribution in [0.15, 0.2) is 24.4 Å². The van der Waals surface area contributed by atoms with E-state index in [-0.39, 0.29) is 16.8 Å². The van der Waals surface area contributed by atoms with E-state index in [4.69, 9.17) is 4.74 Å². The van der Waals surface area contributed by atoms with Crippen LogP contribution in [0.25, 0.3) is 11.1 Å². The summed E-state index contributed by atoms with van der Waals surface area (Å²) in [6.45, 7) is 4.85. The third kappa shape index (κ3) is 4.34. The molecule has 0 amide bonds. The summed E-state index contributed by atoms with van der Waals surface area (Å²) in [6.07, 6.45) is -3.60. The van der Waals surface area contributed by atoms with Crippen molar-refractivity contribution in [2.24, 2.45) is 0 Å².